The van der Waals surface area contributed by atoms with Gasteiger partial charge in [0.25, 0.3) is 5.56 Å². The monoisotopic (exact) mass is 293 g/mol. The Labute approximate surface area is 122 Å². The van der Waals surface area contributed by atoms with Crippen molar-refractivity contribution in [2.24, 2.45) is 0 Å². The van der Waals surface area contributed by atoms with Gasteiger partial charge in [-0.15, -0.1) is 0 Å². The minimum atomic E-state index is -0.0590. The van der Waals surface area contributed by atoms with Crippen LogP contribution < -0.4 is 10.9 Å². The van der Waals surface area contributed by atoms with Crippen LogP contribution in [0.1, 0.15) is 43.7 Å². The number of aromatic nitrogens is 2. The lowest BCUT2D eigenvalue weighted by molar-refractivity contribution is -0.122. The summed E-state index contributed by atoms with van der Waals surface area (Å²) >= 11 is 1.56. The van der Waals surface area contributed by atoms with Gasteiger partial charge in [-0.25, -0.2) is 4.98 Å². The van der Waals surface area contributed by atoms with E-state index in [0.29, 0.717) is 18.0 Å². The first kappa shape index (κ1) is 13.7. The first-order valence-electron chi connectivity index (χ1n) is 7.15. The molecule has 1 fully saturated rings. The number of fused-ring (bicyclic) bond motifs is 1. The number of thioether (sulfide) groups is 1. The van der Waals surface area contributed by atoms with E-state index in [0.717, 1.165) is 23.8 Å². The van der Waals surface area contributed by atoms with Crippen molar-refractivity contribution < 1.29 is 4.79 Å². The van der Waals surface area contributed by atoms with Crippen LogP contribution in [0.5, 0.6) is 0 Å². The molecule has 1 aliphatic heterocycles. The number of nitrogens with one attached hydrogen (secondary N) is 1. The zero-order chi connectivity index (χ0) is 14.1. The third kappa shape index (κ3) is 2.61. The normalized spacial score (nSPS) is 21.9. The smallest absolute Gasteiger partial charge is 0.257 e. The molecule has 5 nitrogen and oxygen atoms in total. The van der Waals surface area contributed by atoms with E-state index >= 15 is 0 Å². The van der Waals surface area contributed by atoms with Crippen LogP contribution in [0.25, 0.3) is 0 Å². The van der Waals surface area contributed by atoms with Crippen LogP contribution in [0.2, 0.25) is 0 Å². The van der Waals surface area contributed by atoms with Crippen molar-refractivity contribution in [2.75, 3.05) is 5.75 Å². The lowest BCUT2D eigenvalue weighted by Gasteiger charge is -2.16. The van der Waals surface area contributed by atoms with Crippen LogP contribution in [0.4, 0.5) is 0 Å². The molecule has 1 aromatic heterocycles. The zero-order valence-corrected chi connectivity index (χ0v) is 12.4. The molecule has 2 aliphatic rings. The number of carbonyl (C=O) groups is 1. The van der Waals surface area contributed by atoms with E-state index < -0.39 is 0 Å². The molecule has 1 amide bonds. The van der Waals surface area contributed by atoms with E-state index in [4.69, 9.17) is 0 Å². The first-order valence-corrected chi connectivity index (χ1v) is 8.14. The number of rotatable bonds is 3. The lowest BCUT2D eigenvalue weighted by atomic mass is 10.2. The Balaban J connectivity index is 1.70. The van der Waals surface area contributed by atoms with Gasteiger partial charge in [0.2, 0.25) is 5.91 Å². The van der Waals surface area contributed by atoms with Crippen LogP contribution >= 0.6 is 11.8 Å². The molecule has 1 atom stereocenters. The predicted octanol–water partition coefficient (Wildman–Crippen LogP) is 1.65. The summed E-state index contributed by atoms with van der Waals surface area (Å²) in [6.45, 7) is 1.77. The summed E-state index contributed by atoms with van der Waals surface area (Å²) in [5.41, 5.74) is 0.621. The van der Waals surface area contributed by atoms with Gasteiger partial charge in [0.1, 0.15) is 0 Å². The summed E-state index contributed by atoms with van der Waals surface area (Å²) in [6.07, 6.45) is 6.57. The average Bonchev–Trinajstić information content (AvgIpc) is 3.04. The Hall–Kier alpha value is -1.30. The molecule has 0 aromatic carbocycles. The lowest BCUT2D eigenvalue weighted by Crippen LogP contribution is -2.35. The Morgan fingerprint density at radius 3 is 3.00 bits per heavy atom. The van der Waals surface area contributed by atoms with E-state index in [2.05, 4.69) is 10.3 Å². The molecule has 1 unspecified atom stereocenters. The highest BCUT2D eigenvalue weighted by molar-refractivity contribution is 7.99. The van der Waals surface area contributed by atoms with E-state index in [1.165, 1.54) is 12.8 Å². The molecule has 1 N–H and O–H groups in total. The second-order valence-electron chi connectivity index (χ2n) is 5.62. The van der Waals surface area contributed by atoms with Gasteiger partial charge < -0.3 is 5.32 Å². The fourth-order valence-electron chi connectivity index (χ4n) is 2.94. The summed E-state index contributed by atoms with van der Waals surface area (Å²) in [5.74, 6) is 0.813. The van der Waals surface area contributed by atoms with Gasteiger partial charge in [-0.05, 0) is 19.8 Å². The summed E-state index contributed by atoms with van der Waals surface area (Å²) in [5, 5.41) is 3.82. The van der Waals surface area contributed by atoms with Gasteiger partial charge in [0.05, 0.1) is 6.04 Å². The molecule has 108 valence electrons. The second kappa shape index (κ2) is 5.60. The Kier molecular flexibility index (Phi) is 3.83. The molecule has 3 rings (SSSR count). The quantitative estimate of drug-likeness (QED) is 0.861. The SMILES string of the molecule is Cc1cnc2n(c1=O)C(CC(=O)NC1CCCC1)CS2. The summed E-state index contributed by atoms with van der Waals surface area (Å²) < 4.78 is 1.69. The van der Waals surface area contributed by atoms with Crippen LogP contribution in [0.3, 0.4) is 0 Å². The largest absolute Gasteiger partial charge is 0.353 e. The van der Waals surface area contributed by atoms with Crippen LogP contribution in [0.15, 0.2) is 16.1 Å². The first-order chi connectivity index (χ1) is 9.65. The van der Waals surface area contributed by atoms with Crippen LogP contribution in [0, 0.1) is 6.92 Å². The molecule has 0 radical (unpaired) electrons. The molecule has 1 aromatic rings. The Morgan fingerprint density at radius 2 is 2.25 bits per heavy atom. The van der Waals surface area contributed by atoms with Gasteiger partial charge >= 0.3 is 0 Å². The maximum absolute atomic E-state index is 12.2. The molecule has 6 heteroatoms. The molecule has 20 heavy (non-hydrogen) atoms. The molecule has 0 spiro atoms. The fraction of sp³-hybridized carbons (Fsp3) is 0.643. The average molecular weight is 293 g/mol. The van der Waals surface area contributed by atoms with Gasteiger partial charge in [-0.3, -0.25) is 14.2 Å². The zero-order valence-electron chi connectivity index (χ0n) is 11.6. The van der Waals surface area contributed by atoms with Gasteiger partial charge in [-0.2, -0.15) is 0 Å². The van der Waals surface area contributed by atoms with Crippen molar-refractivity contribution >= 4 is 17.7 Å². The van der Waals surface area contributed by atoms with Crippen LogP contribution in [-0.4, -0.2) is 27.3 Å². The molecular formula is C14H19N3O2S. The molecule has 0 bridgehead atoms. The highest BCUT2D eigenvalue weighted by Crippen LogP contribution is 2.31. The van der Waals surface area contributed by atoms with Gasteiger partial charge in [-0.1, -0.05) is 24.6 Å². The minimum Gasteiger partial charge on any atom is -0.353 e. The van der Waals surface area contributed by atoms with Crippen molar-refractivity contribution in [1.82, 2.24) is 14.9 Å². The van der Waals surface area contributed by atoms with Crippen molar-refractivity contribution in [2.45, 2.75) is 56.3 Å². The highest BCUT2D eigenvalue weighted by atomic mass is 32.2. The minimum absolute atomic E-state index is 0.0151. The van der Waals surface area contributed by atoms with E-state index in [9.17, 15) is 9.59 Å². The third-order valence-electron chi connectivity index (χ3n) is 4.04. The second-order valence-corrected chi connectivity index (χ2v) is 6.60. The number of hydrogen-bond acceptors (Lipinski definition) is 4. The third-order valence-corrected chi connectivity index (χ3v) is 5.15. The van der Waals surface area contributed by atoms with Crippen molar-refractivity contribution in [1.29, 1.82) is 0 Å². The van der Waals surface area contributed by atoms with Crippen molar-refractivity contribution in [3.8, 4) is 0 Å². The van der Waals surface area contributed by atoms with Gasteiger partial charge in [0, 0.05) is 30.0 Å². The molecular weight excluding hydrogens is 274 g/mol. The topological polar surface area (TPSA) is 64.0 Å². The molecule has 1 saturated carbocycles. The van der Waals surface area contributed by atoms with Crippen LogP contribution in [-0.2, 0) is 4.79 Å². The standard InChI is InChI=1S/C14H19N3O2S/c1-9-7-15-14-17(13(9)19)11(8-20-14)6-12(18)16-10-4-2-3-5-10/h7,10-11H,2-6,8H2,1H3,(H,16,18). The van der Waals surface area contributed by atoms with E-state index in [1.54, 1.807) is 29.4 Å². The van der Waals surface area contributed by atoms with Gasteiger partial charge in [0.15, 0.2) is 5.16 Å². The van der Waals surface area contributed by atoms with Crippen molar-refractivity contribution in [3.63, 3.8) is 0 Å². The number of nitrogens with zero attached hydrogens (tertiary/aromatic N) is 2. The Bertz CT molecular complexity index is 578. The number of aryl methyl sites for hydroxylation is 1. The number of carbonyl (C=O) groups excluding carboxylic acids is 1. The number of hydrogen-bond donors (Lipinski definition) is 1. The Morgan fingerprint density at radius 1 is 1.50 bits per heavy atom. The van der Waals surface area contributed by atoms with E-state index in [-0.39, 0.29) is 17.5 Å². The van der Waals surface area contributed by atoms with E-state index in [1.807, 2.05) is 0 Å². The number of amides is 1. The summed E-state index contributed by atoms with van der Waals surface area (Å²) in [4.78, 5) is 28.6. The summed E-state index contributed by atoms with van der Waals surface area (Å²) in [7, 11) is 0. The highest BCUT2D eigenvalue weighted by Gasteiger charge is 2.28. The molecule has 1 aliphatic carbocycles. The maximum Gasteiger partial charge on any atom is 0.257 e. The maximum atomic E-state index is 12.2. The molecule has 2 heterocycles. The predicted molar refractivity (Wildman–Crippen MR) is 78.0 cm³/mol. The fourth-order valence-corrected chi connectivity index (χ4v) is 4.05. The summed E-state index contributed by atoms with van der Waals surface area (Å²) in [6, 6.07) is 0.277. The van der Waals surface area contributed by atoms with Crippen molar-refractivity contribution in [3.05, 3.63) is 22.1 Å². The molecule has 0 saturated heterocycles.